The molecule has 0 aliphatic rings. The molecule has 0 spiro atoms. The van der Waals surface area contributed by atoms with Gasteiger partial charge in [0, 0.05) is 26.5 Å². The van der Waals surface area contributed by atoms with Crippen LogP contribution < -0.4 is 10.1 Å². The number of nitrogens with one attached hydrogen (secondary N) is 1. The second kappa shape index (κ2) is 8.38. The Bertz CT molecular complexity index is 927. The Morgan fingerprint density at radius 1 is 1.00 bits per heavy atom. The molecule has 0 saturated heterocycles. The highest BCUT2D eigenvalue weighted by atomic mass is 79.9. The first-order chi connectivity index (χ1) is 12.6. The van der Waals surface area contributed by atoms with Crippen molar-refractivity contribution in [3.8, 4) is 11.5 Å². The lowest BCUT2D eigenvalue weighted by Gasteiger charge is -2.10. The summed E-state index contributed by atoms with van der Waals surface area (Å²) in [4.78, 5) is 4.44. The summed E-state index contributed by atoms with van der Waals surface area (Å²) in [6, 6.07) is 19.4. The zero-order valence-electron chi connectivity index (χ0n) is 13.9. The lowest BCUT2D eigenvalue weighted by Crippen LogP contribution is -1.92. The van der Waals surface area contributed by atoms with E-state index in [2.05, 4.69) is 42.2 Å². The Labute approximate surface area is 168 Å². The summed E-state index contributed by atoms with van der Waals surface area (Å²) in [7, 11) is 1.51. The third-order valence-corrected chi connectivity index (χ3v) is 5.70. The molecular weight excluding hydrogens is 460 g/mol. The van der Waals surface area contributed by atoms with Gasteiger partial charge in [-0.3, -0.25) is 4.99 Å². The van der Waals surface area contributed by atoms with Crippen LogP contribution >= 0.6 is 31.9 Å². The van der Waals surface area contributed by atoms with Crippen LogP contribution in [0.4, 0.5) is 17.1 Å². The van der Waals surface area contributed by atoms with Crippen molar-refractivity contribution in [2.75, 3.05) is 12.4 Å². The predicted octanol–water partition coefficient (Wildman–Crippen LogP) is 6.42. The Morgan fingerprint density at radius 3 is 2.31 bits per heavy atom. The number of phenols is 1. The molecule has 6 heteroatoms. The van der Waals surface area contributed by atoms with E-state index in [9.17, 15) is 5.11 Å². The largest absolute Gasteiger partial charge is 0.504 e. The molecule has 0 atom stereocenters. The van der Waals surface area contributed by atoms with Gasteiger partial charge >= 0.3 is 0 Å². The normalized spacial score (nSPS) is 10.9. The van der Waals surface area contributed by atoms with Crippen LogP contribution in [0.2, 0.25) is 0 Å². The number of aliphatic imine (C=N–C) groups is 1. The molecule has 0 aliphatic carbocycles. The number of anilines is 2. The lowest BCUT2D eigenvalue weighted by molar-refractivity contribution is 0.372. The number of aromatic hydroxyl groups is 1. The first-order valence-corrected chi connectivity index (χ1v) is 9.38. The molecule has 3 rings (SSSR count). The van der Waals surface area contributed by atoms with Gasteiger partial charge in [0.2, 0.25) is 0 Å². The van der Waals surface area contributed by atoms with Gasteiger partial charge in [0.05, 0.1) is 18.4 Å². The summed E-state index contributed by atoms with van der Waals surface area (Å²) in [6.07, 6.45) is 1.60. The fraction of sp³-hybridized carbons (Fsp3) is 0.0500. The summed E-state index contributed by atoms with van der Waals surface area (Å²) in [5.74, 6) is 0.414. The molecule has 2 N–H and O–H groups in total. The molecular formula is C20H16Br2N2O2. The van der Waals surface area contributed by atoms with E-state index < -0.39 is 0 Å². The molecule has 0 fully saturated rings. The van der Waals surface area contributed by atoms with Crippen molar-refractivity contribution in [1.29, 1.82) is 0 Å². The number of halogens is 2. The van der Waals surface area contributed by atoms with E-state index in [0.717, 1.165) is 21.5 Å². The maximum atomic E-state index is 10.3. The van der Waals surface area contributed by atoms with Crippen molar-refractivity contribution in [2.24, 2.45) is 4.99 Å². The molecule has 4 nitrogen and oxygen atoms in total. The van der Waals surface area contributed by atoms with E-state index in [0.29, 0.717) is 15.8 Å². The fourth-order valence-corrected chi connectivity index (χ4v) is 3.17. The minimum atomic E-state index is 0.0358. The topological polar surface area (TPSA) is 53.8 Å². The van der Waals surface area contributed by atoms with Gasteiger partial charge in [0.15, 0.2) is 11.5 Å². The maximum Gasteiger partial charge on any atom is 0.167 e. The number of nitrogens with zero attached hydrogens (tertiary/aromatic N) is 1. The predicted molar refractivity (Wildman–Crippen MR) is 113 cm³/mol. The molecule has 0 aliphatic heterocycles. The third-order valence-electron chi connectivity index (χ3n) is 3.68. The van der Waals surface area contributed by atoms with Crippen molar-refractivity contribution < 1.29 is 9.84 Å². The first kappa shape index (κ1) is 18.5. The highest BCUT2D eigenvalue weighted by Crippen LogP contribution is 2.39. The molecule has 0 aromatic heterocycles. The molecule has 0 radical (unpaired) electrons. The molecule has 3 aromatic carbocycles. The van der Waals surface area contributed by atoms with E-state index in [4.69, 9.17) is 4.74 Å². The second-order valence-electron chi connectivity index (χ2n) is 5.43. The number of methoxy groups -OCH3 is 1. The standard InChI is InChI=1S/C20H16Br2N2O2/c1-26-18-11-17(21)19(22)16(20(18)25)12-23-13-7-9-15(10-8-13)24-14-5-3-2-4-6-14/h2-12,24-25H,1H3. The Balaban J connectivity index is 1.80. The smallest absolute Gasteiger partial charge is 0.167 e. The van der Waals surface area contributed by atoms with Gasteiger partial charge < -0.3 is 15.2 Å². The second-order valence-corrected chi connectivity index (χ2v) is 7.08. The van der Waals surface area contributed by atoms with Crippen LogP contribution in [0.5, 0.6) is 11.5 Å². The number of hydrogen-bond acceptors (Lipinski definition) is 4. The first-order valence-electron chi connectivity index (χ1n) is 7.79. The van der Waals surface area contributed by atoms with Crippen LogP contribution in [0.25, 0.3) is 0 Å². The van der Waals surface area contributed by atoms with Gasteiger partial charge in [-0.25, -0.2) is 0 Å². The van der Waals surface area contributed by atoms with Gasteiger partial charge in [-0.1, -0.05) is 18.2 Å². The number of phenolic OH excluding ortho intramolecular Hbond substituents is 1. The van der Waals surface area contributed by atoms with Crippen molar-refractivity contribution >= 4 is 55.1 Å². The van der Waals surface area contributed by atoms with Crippen molar-refractivity contribution in [2.45, 2.75) is 0 Å². The molecule has 0 bridgehead atoms. The Kier molecular flexibility index (Phi) is 5.96. The van der Waals surface area contributed by atoms with Gasteiger partial charge in [-0.2, -0.15) is 0 Å². The van der Waals surface area contributed by atoms with Crippen LogP contribution in [0.3, 0.4) is 0 Å². The van der Waals surface area contributed by atoms with Crippen LogP contribution in [-0.4, -0.2) is 18.4 Å². The number of para-hydroxylation sites is 1. The highest BCUT2D eigenvalue weighted by Gasteiger charge is 2.14. The zero-order chi connectivity index (χ0) is 18.5. The zero-order valence-corrected chi connectivity index (χ0v) is 17.1. The third kappa shape index (κ3) is 4.26. The van der Waals surface area contributed by atoms with Gasteiger partial charge in [0.25, 0.3) is 0 Å². The van der Waals surface area contributed by atoms with Crippen LogP contribution in [-0.2, 0) is 0 Å². The van der Waals surface area contributed by atoms with Crippen LogP contribution in [0, 0.1) is 0 Å². The average Bonchev–Trinajstić information content (AvgIpc) is 2.67. The quantitative estimate of drug-likeness (QED) is 0.418. The number of benzene rings is 3. The Morgan fingerprint density at radius 2 is 1.65 bits per heavy atom. The van der Waals surface area contributed by atoms with E-state index in [-0.39, 0.29) is 5.75 Å². The van der Waals surface area contributed by atoms with E-state index >= 15 is 0 Å². The summed E-state index contributed by atoms with van der Waals surface area (Å²) < 4.78 is 6.66. The number of hydrogen-bond donors (Lipinski definition) is 2. The minimum absolute atomic E-state index is 0.0358. The monoisotopic (exact) mass is 474 g/mol. The van der Waals surface area contributed by atoms with Crippen molar-refractivity contribution in [3.05, 3.63) is 75.2 Å². The summed E-state index contributed by atoms with van der Waals surface area (Å²) in [5.41, 5.74) is 3.32. The van der Waals surface area contributed by atoms with Crippen LogP contribution in [0.1, 0.15) is 5.56 Å². The van der Waals surface area contributed by atoms with Crippen molar-refractivity contribution in [1.82, 2.24) is 0 Å². The molecule has 0 saturated carbocycles. The van der Waals surface area contributed by atoms with E-state index in [1.165, 1.54) is 7.11 Å². The van der Waals surface area contributed by atoms with Crippen molar-refractivity contribution in [3.63, 3.8) is 0 Å². The fourth-order valence-electron chi connectivity index (χ4n) is 2.34. The summed E-state index contributed by atoms with van der Waals surface area (Å²) in [5, 5.41) is 13.6. The number of rotatable bonds is 5. The molecule has 0 unspecified atom stereocenters. The lowest BCUT2D eigenvalue weighted by atomic mass is 10.2. The minimum Gasteiger partial charge on any atom is -0.504 e. The molecule has 26 heavy (non-hydrogen) atoms. The average molecular weight is 476 g/mol. The van der Waals surface area contributed by atoms with Gasteiger partial charge in [-0.05, 0) is 74.3 Å². The SMILES string of the molecule is COc1cc(Br)c(Br)c(C=Nc2ccc(Nc3ccccc3)cc2)c1O. The highest BCUT2D eigenvalue weighted by molar-refractivity contribution is 9.13. The molecule has 3 aromatic rings. The molecule has 132 valence electrons. The maximum absolute atomic E-state index is 10.3. The van der Waals surface area contributed by atoms with E-state index in [1.807, 2.05) is 54.6 Å². The van der Waals surface area contributed by atoms with E-state index in [1.54, 1.807) is 12.3 Å². The summed E-state index contributed by atoms with van der Waals surface area (Å²) in [6.45, 7) is 0. The van der Waals surface area contributed by atoms with Gasteiger partial charge in [-0.15, -0.1) is 0 Å². The van der Waals surface area contributed by atoms with Gasteiger partial charge in [0.1, 0.15) is 0 Å². The molecule has 0 amide bonds. The molecule has 0 heterocycles. The van der Waals surface area contributed by atoms with Crippen LogP contribution in [0.15, 0.2) is 74.6 Å². The number of ether oxygens (including phenoxy) is 1. The summed E-state index contributed by atoms with van der Waals surface area (Å²) >= 11 is 6.88. The Hall–Kier alpha value is -2.31.